The van der Waals surface area contributed by atoms with Crippen LogP contribution in [0.4, 0.5) is 11.4 Å². The Morgan fingerprint density at radius 3 is 2.70 bits per heavy atom. The van der Waals surface area contributed by atoms with E-state index in [0.29, 0.717) is 22.7 Å². The van der Waals surface area contributed by atoms with E-state index < -0.39 is 0 Å². The van der Waals surface area contributed by atoms with Crippen LogP contribution in [0.5, 0.6) is 5.75 Å². The molecule has 7 heteroatoms. The number of para-hydroxylation sites is 1. The number of anilines is 2. The first-order valence-corrected chi connectivity index (χ1v) is 8.32. The number of hydrogen-bond donors (Lipinski definition) is 2. The third-order valence-corrected chi connectivity index (χ3v) is 4.20. The van der Waals surface area contributed by atoms with Crippen molar-refractivity contribution in [2.24, 2.45) is 0 Å². The molecule has 0 fully saturated rings. The fourth-order valence-corrected chi connectivity index (χ4v) is 2.68. The highest BCUT2D eigenvalue weighted by molar-refractivity contribution is 6.01. The molecule has 0 aromatic heterocycles. The van der Waals surface area contributed by atoms with E-state index in [0.717, 1.165) is 5.56 Å². The van der Waals surface area contributed by atoms with Crippen LogP contribution in [-0.4, -0.2) is 31.4 Å². The van der Waals surface area contributed by atoms with Crippen molar-refractivity contribution in [1.82, 2.24) is 5.32 Å². The summed E-state index contributed by atoms with van der Waals surface area (Å²) in [6.07, 6.45) is 1.23. The maximum absolute atomic E-state index is 12.4. The van der Waals surface area contributed by atoms with Gasteiger partial charge in [-0.3, -0.25) is 14.4 Å². The fraction of sp³-hybridized carbons (Fsp3) is 0.150. The largest absolute Gasteiger partial charge is 0.482 e. The molecule has 0 saturated heterocycles. The molecule has 2 N–H and O–H groups in total. The average Bonchev–Trinajstić information content (AvgIpc) is 2.70. The second-order valence-corrected chi connectivity index (χ2v) is 5.96. The van der Waals surface area contributed by atoms with Gasteiger partial charge in [-0.25, -0.2) is 0 Å². The molecule has 2 aromatic rings. The van der Waals surface area contributed by atoms with E-state index >= 15 is 0 Å². The Morgan fingerprint density at radius 2 is 2.00 bits per heavy atom. The van der Waals surface area contributed by atoms with E-state index in [1.54, 1.807) is 43.4 Å². The van der Waals surface area contributed by atoms with Crippen LogP contribution in [-0.2, 0) is 16.1 Å². The van der Waals surface area contributed by atoms with Crippen LogP contribution >= 0.6 is 0 Å². The Kier molecular flexibility index (Phi) is 5.21. The van der Waals surface area contributed by atoms with Crippen molar-refractivity contribution in [3.63, 3.8) is 0 Å². The average molecular weight is 365 g/mol. The summed E-state index contributed by atoms with van der Waals surface area (Å²) in [5, 5.41) is 5.59. The minimum absolute atomic E-state index is 0.0159. The molecule has 2 aromatic carbocycles. The SMILES string of the molecule is C=CC(=O)N(C)c1ccc(C(=O)NCc2cccc3c2NC(=O)CO3)cc1. The summed E-state index contributed by atoms with van der Waals surface area (Å²) in [7, 11) is 1.63. The van der Waals surface area contributed by atoms with Gasteiger partial charge in [0.2, 0.25) is 5.91 Å². The smallest absolute Gasteiger partial charge is 0.262 e. The van der Waals surface area contributed by atoms with Crippen molar-refractivity contribution in [3.05, 3.63) is 66.2 Å². The van der Waals surface area contributed by atoms with E-state index in [1.165, 1.54) is 11.0 Å². The van der Waals surface area contributed by atoms with E-state index in [-0.39, 0.29) is 30.9 Å². The molecule has 1 aliphatic rings. The number of benzene rings is 2. The normalized spacial score (nSPS) is 12.3. The van der Waals surface area contributed by atoms with E-state index in [1.807, 2.05) is 6.07 Å². The second kappa shape index (κ2) is 7.74. The number of carbonyl (C=O) groups excluding carboxylic acids is 3. The van der Waals surface area contributed by atoms with Crippen molar-refractivity contribution in [2.75, 3.05) is 23.9 Å². The van der Waals surface area contributed by atoms with Crippen molar-refractivity contribution < 1.29 is 19.1 Å². The summed E-state index contributed by atoms with van der Waals surface area (Å²) in [5.74, 6) is -0.138. The zero-order valence-corrected chi connectivity index (χ0v) is 14.8. The van der Waals surface area contributed by atoms with Gasteiger partial charge in [0.25, 0.3) is 11.8 Å². The van der Waals surface area contributed by atoms with Crippen LogP contribution in [0.3, 0.4) is 0 Å². The molecule has 1 heterocycles. The van der Waals surface area contributed by atoms with Crippen molar-refractivity contribution >= 4 is 29.1 Å². The number of amides is 3. The number of ether oxygens (including phenoxy) is 1. The molecule has 0 radical (unpaired) electrons. The van der Waals surface area contributed by atoms with Gasteiger partial charge in [0.1, 0.15) is 5.75 Å². The molecule has 138 valence electrons. The zero-order valence-electron chi connectivity index (χ0n) is 14.8. The molecule has 3 amide bonds. The Morgan fingerprint density at radius 1 is 1.26 bits per heavy atom. The number of hydrogen-bond acceptors (Lipinski definition) is 4. The number of nitrogens with zero attached hydrogens (tertiary/aromatic N) is 1. The topological polar surface area (TPSA) is 87.7 Å². The van der Waals surface area contributed by atoms with Gasteiger partial charge in [0, 0.05) is 24.8 Å². The standard InChI is InChI=1S/C20H19N3O4/c1-3-18(25)23(2)15-9-7-13(8-10-15)20(26)21-11-14-5-4-6-16-19(14)22-17(24)12-27-16/h3-10H,1,11-12H2,2H3,(H,21,26)(H,22,24). The van der Waals surface area contributed by atoms with E-state index in [9.17, 15) is 14.4 Å². The van der Waals surface area contributed by atoms with Gasteiger partial charge >= 0.3 is 0 Å². The van der Waals surface area contributed by atoms with Crippen LogP contribution in [0.2, 0.25) is 0 Å². The summed E-state index contributed by atoms with van der Waals surface area (Å²) in [6, 6.07) is 12.0. The predicted octanol–water partition coefficient (Wildman–Crippen LogP) is 2.10. The Balaban J connectivity index is 1.67. The highest BCUT2D eigenvalue weighted by Crippen LogP contribution is 2.31. The number of nitrogens with one attached hydrogen (secondary N) is 2. The monoisotopic (exact) mass is 365 g/mol. The lowest BCUT2D eigenvalue weighted by Gasteiger charge is -2.21. The predicted molar refractivity (Wildman–Crippen MR) is 102 cm³/mol. The Bertz CT molecular complexity index is 906. The number of carbonyl (C=O) groups is 3. The first-order chi connectivity index (χ1) is 13.0. The number of fused-ring (bicyclic) bond motifs is 1. The van der Waals surface area contributed by atoms with E-state index in [2.05, 4.69) is 17.2 Å². The van der Waals surface area contributed by atoms with Gasteiger partial charge in [0.15, 0.2) is 6.61 Å². The minimum Gasteiger partial charge on any atom is -0.482 e. The molecule has 0 aliphatic carbocycles. The Hall–Kier alpha value is -3.61. The summed E-state index contributed by atoms with van der Waals surface area (Å²) in [6.45, 7) is 3.67. The quantitative estimate of drug-likeness (QED) is 0.795. The highest BCUT2D eigenvalue weighted by atomic mass is 16.5. The van der Waals surface area contributed by atoms with Gasteiger partial charge in [0.05, 0.1) is 5.69 Å². The lowest BCUT2D eigenvalue weighted by atomic mass is 10.1. The van der Waals surface area contributed by atoms with Crippen molar-refractivity contribution in [2.45, 2.75) is 6.54 Å². The van der Waals surface area contributed by atoms with Gasteiger partial charge in [-0.05, 0) is 42.0 Å². The van der Waals surface area contributed by atoms with E-state index in [4.69, 9.17) is 4.74 Å². The van der Waals surface area contributed by atoms with Gasteiger partial charge in [-0.2, -0.15) is 0 Å². The lowest BCUT2D eigenvalue weighted by molar-refractivity contribution is -0.118. The molecule has 7 nitrogen and oxygen atoms in total. The maximum Gasteiger partial charge on any atom is 0.262 e. The highest BCUT2D eigenvalue weighted by Gasteiger charge is 2.19. The third-order valence-electron chi connectivity index (χ3n) is 4.20. The van der Waals surface area contributed by atoms with Crippen LogP contribution in [0.15, 0.2) is 55.1 Å². The summed E-state index contributed by atoms with van der Waals surface area (Å²) >= 11 is 0. The lowest BCUT2D eigenvalue weighted by Crippen LogP contribution is -2.28. The molecule has 0 atom stereocenters. The molecule has 0 unspecified atom stereocenters. The third kappa shape index (κ3) is 3.98. The molecule has 27 heavy (non-hydrogen) atoms. The second-order valence-electron chi connectivity index (χ2n) is 5.96. The fourth-order valence-electron chi connectivity index (χ4n) is 2.68. The van der Waals surface area contributed by atoms with Crippen molar-refractivity contribution in [1.29, 1.82) is 0 Å². The van der Waals surface area contributed by atoms with Crippen LogP contribution in [0, 0.1) is 0 Å². The molecular formula is C20H19N3O4. The molecule has 1 aliphatic heterocycles. The van der Waals surface area contributed by atoms with Gasteiger partial charge in [-0.15, -0.1) is 0 Å². The minimum atomic E-state index is -0.264. The maximum atomic E-state index is 12.4. The zero-order chi connectivity index (χ0) is 19.4. The first-order valence-electron chi connectivity index (χ1n) is 8.32. The summed E-state index contributed by atoms with van der Waals surface area (Å²) in [4.78, 5) is 37.0. The van der Waals surface area contributed by atoms with Crippen LogP contribution in [0.25, 0.3) is 0 Å². The molecule has 0 spiro atoms. The molecule has 0 saturated carbocycles. The molecule has 3 rings (SSSR count). The Labute approximate surface area is 156 Å². The van der Waals surface area contributed by atoms with Gasteiger partial charge in [-0.1, -0.05) is 18.7 Å². The first kappa shape index (κ1) is 18.2. The number of likely N-dealkylation sites (N-methyl/N-ethyl adjacent to an activating group) is 1. The molecular weight excluding hydrogens is 346 g/mol. The van der Waals surface area contributed by atoms with Gasteiger partial charge < -0.3 is 20.3 Å². The van der Waals surface area contributed by atoms with Crippen molar-refractivity contribution in [3.8, 4) is 5.75 Å². The van der Waals surface area contributed by atoms with Crippen LogP contribution in [0.1, 0.15) is 15.9 Å². The van der Waals surface area contributed by atoms with Crippen LogP contribution < -0.4 is 20.3 Å². The summed E-state index contributed by atoms with van der Waals surface area (Å²) < 4.78 is 5.37. The number of rotatable bonds is 5. The molecule has 0 bridgehead atoms. The summed E-state index contributed by atoms with van der Waals surface area (Å²) in [5.41, 5.74) is 2.45.